The van der Waals surface area contributed by atoms with Crippen molar-refractivity contribution in [1.29, 1.82) is 21.0 Å². The summed E-state index contributed by atoms with van der Waals surface area (Å²) in [5.41, 5.74) is 11.8. The number of fused-ring (bicyclic) bond motifs is 28. The largest absolute Gasteiger partial charge is 0.417 e. The van der Waals surface area contributed by atoms with E-state index in [9.17, 15) is 21.0 Å². The summed E-state index contributed by atoms with van der Waals surface area (Å²) >= 11 is 0. The number of benzene rings is 16. The highest BCUT2D eigenvalue weighted by atomic mass is 19.4. The molecule has 0 aliphatic heterocycles. The molecule has 8 heterocycles. The number of hydrogen-bond acceptors (Lipinski definition) is 4. The van der Waals surface area contributed by atoms with Crippen LogP contribution in [0.25, 0.3) is 231 Å². The van der Waals surface area contributed by atoms with Crippen molar-refractivity contribution >= 4 is 174 Å². The maximum absolute atomic E-state index is 16.5. The summed E-state index contributed by atoms with van der Waals surface area (Å²) in [5, 5.41) is 60.3. The van der Waals surface area contributed by atoms with E-state index in [1.165, 1.54) is 24.3 Å². The molecule has 0 amide bonds. The summed E-state index contributed by atoms with van der Waals surface area (Å²) in [7, 11) is 7.94. The Labute approximate surface area is 699 Å². The molecule has 18 heteroatoms. The van der Waals surface area contributed by atoms with Crippen LogP contribution in [0.5, 0.6) is 0 Å². The summed E-state index contributed by atoms with van der Waals surface area (Å²) in [6.45, 7) is 0. The molecule has 0 aliphatic carbocycles. The minimum absolute atomic E-state index is 0.0525. The van der Waals surface area contributed by atoms with Crippen molar-refractivity contribution in [3.63, 3.8) is 0 Å². The van der Waals surface area contributed by atoms with E-state index in [4.69, 9.17) is 0 Å². The molecule has 0 aliphatic rings. The van der Waals surface area contributed by atoms with Crippen LogP contribution in [0.2, 0.25) is 0 Å². The first-order chi connectivity index (χ1) is 60.4. The molecule has 0 saturated heterocycles. The number of halogens is 6. The van der Waals surface area contributed by atoms with Gasteiger partial charge < -0.3 is 36.5 Å². The second-order valence-electron chi connectivity index (χ2n) is 32.2. The Morgan fingerprint density at radius 1 is 0.226 bits per heavy atom. The first-order valence-corrected chi connectivity index (χ1v) is 40.4. The van der Waals surface area contributed by atoms with Gasteiger partial charge in [0.1, 0.15) is 12.1 Å². The fourth-order valence-electron chi connectivity index (χ4n) is 21.2. The quantitative estimate of drug-likeness (QED) is 0.147. The number of nitriles is 4. The van der Waals surface area contributed by atoms with E-state index in [0.29, 0.717) is 44.1 Å². The van der Waals surface area contributed by atoms with Gasteiger partial charge in [0.25, 0.3) is 0 Å². The van der Waals surface area contributed by atoms with Crippen LogP contribution >= 0.6 is 0 Å². The van der Waals surface area contributed by atoms with Crippen molar-refractivity contribution in [1.82, 2.24) is 36.5 Å². The van der Waals surface area contributed by atoms with Gasteiger partial charge in [0, 0.05) is 159 Å². The Bertz CT molecular complexity index is 9230. The number of aromatic nitrogens is 8. The van der Waals surface area contributed by atoms with Gasteiger partial charge >= 0.3 is 12.4 Å². The Hall–Kier alpha value is -16.5. The molecule has 12 nitrogen and oxygen atoms in total. The molecular formula is C106H60F6N12. The van der Waals surface area contributed by atoms with E-state index in [-0.39, 0.29) is 67.3 Å². The van der Waals surface area contributed by atoms with E-state index in [1.54, 1.807) is 24.3 Å². The van der Waals surface area contributed by atoms with Crippen molar-refractivity contribution in [2.75, 3.05) is 0 Å². The number of nitrogens with zero attached hydrogens (tertiary/aromatic N) is 12. The van der Waals surface area contributed by atoms with Crippen molar-refractivity contribution < 1.29 is 26.3 Å². The van der Waals surface area contributed by atoms with Gasteiger partial charge in [-0.15, -0.1) is 0 Å². The van der Waals surface area contributed by atoms with Gasteiger partial charge in [-0.2, -0.15) is 47.4 Å². The average Bonchev–Trinajstić information content (AvgIpc) is 1.54. The lowest BCUT2D eigenvalue weighted by atomic mass is 9.91. The lowest BCUT2D eigenvalue weighted by molar-refractivity contribution is -0.137. The van der Waals surface area contributed by atoms with Crippen molar-refractivity contribution in [3.05, 3.63) is 325 Å². The number of alkyl halides is 6. The SMILES string of the molecule is Cn1c2ccccc2c2c1ccc1c3ccc(-c4cccc5c4c4ccc6c7ccccc7n(-c7cc(-c8c(C#N)cccc8C(F)(F)F)c(-n8c9ccccc9c9ccc%10c%11ccccc%11n(C)c%10c98)cc7C#N)c6c4n5C)cc3n(-c3cc(-c4c(C#N)cccc4C(F)(F)F)c(-n4c5ccccc5c5ccc6c(c7ccccc7n6C)c54)cc3C#N)c12. The zero-order valence-corrected chi connectivity index (χ0v) is 66.3. The second kappa shape index (κ2) is 25.5. The Morgan fingerprint density at radius 3 is 1.01 bits per heavy atom. The fraction of sp³-hybridized carbons (Fsp3) is 0.0566. The molecule has 586 valence electrons. The molecule has 0 radical (unpaired) electrons. The molecule has 0 bridgehead atoms. The smallest absolute Gasteiger partial charge is 0.344 e. The van der Waals surface area contributed by atoms with Crippen LogP contribution in [0.3, 0.4) is 0 Å². The summed E-state index contributed by atoms with van der Waals surface area (Å²) in [4.78, 5) is 0. The summed E-state index contributed by atoms with van der Waals surface area (Å²) in [5.74, 6) is 0. The van der Waals surface area contributed by atoms with Crippen LogP contribution in [-0.4, -0.2) is 36.5 Å². The molecule has 24 aromatic rings. The Morgan fingerprint density at radius 2 is 0.548 bits per heavy atom. The third-order valence-corrected chi connectivity index (χ3v) is 26.3. The monoisotopic (exact) mass is 1610 g/mol. The van der Waals surface area contributed by atoms with Crippen LogP contribution in [0.4, 0.5) is 26.3 Å². The predicted molar refractivity (Wildman–Crippen MR) is 485 cm³/mol. The maximum atomic E-state index is 16.5. The Balaban J connectivity index is 0.793. The first kappa shape index (κ1) is 71.6. The standard InChI is InChI=1S/C106H60F6N12/c1-117-81-32-12-9-26-73(81)97-87(117)46-44-68-64-23-6-15-35-84(64)122(99(68)97)92-49-61(56-116)90(52-76(92)94-58(53-113)20-17-29-78(94)105(107,108)109)124-91-48-57(38-39-67(91)69-45-47-88-98(100(69)124)74-27-10-13-33-82(74)118(88)2)62-28-19-37-86-96(62)75-43-42-72-65-24-7-14-34-83(65)121(104(72)102(75)120(86)4)89-51-77(95-59(54-114)21-18-30-79(95)106(110,111)112)93(50-60(89)55-115)123-85-36-16-8-25-66(85)71-41-40-70-63-22-5-11-31-80(63)119(3)101(70)103(71)123/h5-52H,1-4H3. The molecule has 0 fully saturated rings. The molecule has 24 rings (SSSR count). The van der Waals surface area contributed by atoms with Crippen LogP contribution in [0, 0.1) is 45.3 Å². The number of rotatable bonds is 7. The lowest BCUT2D eigenvalue weighted by Gasteiger charge is -2.22. The second-order valence-corrected chi connectivity index (χ2v) is 32.2. The van der Waals surface area contributed by atoms with Crippen LogP contribution in [0.15, 0.2) is 291 Å². The van der Waals surface area contributed by atoms with Crippen LogP contribution < -0.4 is 0 Å². The molecule has 0 unspecified atom stereocenters. The number of para-hydroxylation sites is 6. The van der Waals surface area contributed by atoms with E-state index in [2.05, 4.69) is 97.1 Å². The highest BCUT2D eigenvalue weighted by Gasteiger charge is 2.40. The van der Waals surface area contributed by atoms with Gasteiger partial charge in [-0.1, -0.05) is 182 Å². The van der Waals surface area contributed by atoms with Crippen LogP contribution in [0.1, 0.15) is 33.4 Å². The minimum Gasteiger partial charge on any atom is -0.344 e. The van der Waals surface area contributed by atoms with Gasteiger partial charge in [-0.25, -0.2) is 0 Å². The molecule has 0 saturated carbocycles. The summed E-state index contributed by atoms with van der Waals surface area (Å²) in [6.07, 6.45) is -9.94. The van der Waals surface area contributed by atoms with Crippen molar-refractivity contribution in [2.24, 2.45) is 28.2 Å². The van der Waals surface area contributed by atoms with E-state index >= 15 is 26.3 Å². The van der Waals surface area contributed by atoms with Crippen LogP contribution in [-0.2, 0) is 40.5 Å². The number of hydrogen-bond donors (Lipinski definition) is 0. The van der Waals surface area contributed by atoms with Gasteiger partial charge in [-0.3, -0.25) is 0 Å². The normalized spacial score (nSPS) is 12.4. The third-order valence-electron chi connectivity index (χ3n) is 26.3. The summed E-state index contributed by atoms with van der Waals surface area (Å²) < 4.78 is 115. The van der Waals surface area contributed by atoms with E-state index in [0.717, 1.165) is 154 Å². The molecule has 8 aromatic heterocycles. The Kier molecular flexibility index (Phi) is 14.7. The van der Waals surface area contributed by atoms with E-state index < -0.39 is 23.5 Å². The fourth-order valence-corrected chi connectivity index (χ4v) is 21.2. The molecule has 0 atom stereocenters. The lowest BCUT2D eigenvalue weighted by Crippen LogP contribution is -2.11. The average molecular weight is 1620 g/mol. The molecule has 0 spiro atoms. The first-order valence-electron chi connectivity index (χ1n) is 40.4. The minimum atomic E-state index is -4.98. The van der Waals surface area contributed by atoms with Gasteiger partial charge in [0.2, 0.25) is 0 Å². The molecule has 16 aromatic carbocycles. The zero-order valence-electron chi connectivity index (χ0n) is 66.3. The van der Waals surface area contributed by atoms with Gasteiger partial charge in [0.05, 0.1) is 134 Å². The topological polar surface area (TPSA) is 135 Å². The van der Waals surface area contributed by atoms with Gasteiger partial charge in [0.15, 0.2) is 0 Å². The highest BCUT2D eigenvalue weighted by molar-refractivity contribution is 6.31. The summed E-state index contributed by atoms with van der Waals surface area (Å²) in [6, 6.07) is 99.7. The highest BCUT2D eigenvalue weighted by Crippen LogP contribution is 2.54. The maximum Gasteiger partial charge on any atom is 0.417 e. The molecule has 0 N–H and O–H groups in total. The third kappa shape index (κ3) is 9.48. The van der Waals surface area contributed by atoms with Crippen molar-refractivity contribution in [3.8, 4) is 80.4 Å². The van der Waals surface area contributed by atoms with Crippen molar-refractivity contribution in [2.45, 2.75) is 12.4 Å². The van der Waals surface area contributed by atoms with Gasteiger partial charge in [-0.05, 0) is 120 Å². The molecular weight excluding hydrogens is 1560 g/mol. The zero-order chi connectivity index (χ0) is 84.1. The predicted octanol–water partition coefficient (Wildman–Crippen LogP) is 27.2. The molecule has 124 heavy (non-hydrogen) atoms. The van der Waals surface area contributed by atoms with E-state index in [1.807, 2.05) is 222 Å². The number of aryl methyl sites for hydroxylation is 4.